The van der Waals surface area contributed by atoms with Crippen molar-refractivity contribution >= 4 is 40.8 Å². The molecule has 0 saturated carbocycles. The Balaban J connectivity index is 0.000000479. The lowest BCUT2D eigenvalue weighted by Gasteiger charge is -2.28. The fourth-order valence-electron chi connectivity index (χ4n) is 2.80. The average molecular weight is 490 g/mol. The first-order chi connectivity index (χ1) is 15.5. The topological polar surface area (TPSA) is 143 Å². The van der Waals surface area contributed by atoms with E-state index in [1.165, 1.54) is 4.57 Å². The Morgan fingerprint density at radius 1 is 1.21 bits per heavy atom. The number of alkyl halides is 3. The maximum atomic E-state index is 12.9. The minimum Gasteiger partial charge on any atom is -0.481 e. The smallest absolute Gasteiger partial charge is 0.481 e. The highest BCUT2D eigenvalue weighted by Gasteiger charge is 2.38. The molecule has 1 aliphatic heterocycles. The van der Waals surface area contributed by atoms with E-state index in [2.05, 4.69) is 32.0 Å². The summed E-state index contributed by atoms with van der Waals surface area (Å²) in [5.74, 6) is 2.63. The number of fused-ring (bicyclic) bond motifs is 1. The zero-order valence-electron chi connectivity index (χ0n) is 17.6. The number of hydrogen-bond acceptors (Lipinski definition) is 8. The van der Waals surface area contributed by atoms with E-state index < -0.39 is 18.1 Å². The Morgan fingerprint density at radius 2 is 1.82 bits per heavy atom. The van der Waals surface area contributed by atoms with Gasteiger partial charge in [-0.05, 0) is 6.92 Å². The van der Waals surface area contributed by atoms with Gasteiger partial charge in [-0.1, -0.05) is 17.7 Å². The predicted octanol–water partition coefficient (Wildman–Crippen LogP) is 0.373. The summed E-state index contributed by atoms with van der Waals surface area (Å²) >= 11 is 1.00. The molecule has 3 N–H and O–H groups in total. The van der Waals surface area contributed by atoms with Crippen LogP contribution in [0.4, 0.5) is 19.1 Å². The summed E-state index contributed by atoms with van der Waals surface area (Å²) in [6, 6.07) is 0. The number of carbonyl (C=O) groups is 2. The molecule has 0 aliphatic carbocycles. The van der Waals surface area contributed by atoms with E-state index in [0.29, 0.717) is 28.8 Å². The van der Waals surface area contributed by atoms with Gasteiger partial charge in [-0.2, -0.15) is 18.2 Å². The maximum Gasteiger partial charge on any atom is 0.490 e. The van der Waals surface area contributed by atoms with Crippen molar-refractivity contribution in [3.8, 4) is 11.8 Å². The quantitative estimate of drug-likeness (QED) is 0.306. The molecule has 3 rings (SSSR count). The molecule has 0 aromatic carbocycles. The molecule has 1 saturated heterocycles. The van der Waals surface area contributed by atoms with Gasteiger partial charge in [-0.3, -0.25) is 18.7 Å². The number of anilines is 1. The number of piperazine rings is 1. The van der Waals surface area contributed by atoms with Crippen molar-refractivity contribution < 1.29 is 33.0 Å². The molecule has 2 aromatic heterocycles. The molecule has 11 nitrogen and oxygen atoms in total. The fourth-order valence-corrected chi connectivity index (χ4v) is 3.48. The Kier molecular flexibility index (Phi) is 8.71. The van der Waals surface area contributed by atoms with Crippen LogP contribution in [0.5, 0.6) is 0 Å². The average Bonchev–Trinajstić information content (AvgIpc) is 3.12. The van der Waals surface area contributed by atoms with Crippen LogP contribution < -0.4 is 15.8 Å². The number of nitrogens with zero attached hydrogens (tertiary/aromatic N) is 5. The highest BCUT2D eigenvalue weighted by atomic mass is 32.2. The molecule has 0 amide bonds. The van der Waals surface area contributed by atoms with Crippen molar-refractivity contribution in [2.75, 3.05) is 36.8 Å². The summed E-state index contributed by atoms with van der Waals surface area (Å²) < 4.78 is 34.9. The van der Waals surface area contributed by atoms with Crippen LogP contribution in [0.25, 0.3) is 11.2 Å². The number of halogens is 3. The molecule has 1 aliphatic rings. The first-order valence-corrected chi connectivity index (χ1v) is 10.4. The van der Waals surface area contributed by atoms with Gasteiger partial charge in [0, 0.05) is 33.2 Å². The third-order valence-electron chi connectivity index (χ3n) is 4.31. The van der Waals surface area contributed by atoms with Crippen molar-refractivity contribution in [3.05, 3.63) is 10.4 Å². The normalized spacial score (nSPS) is 13.7. The fraction of sp³-hybridized carbons (Fsp3) is 0.500. The van der Waals surface area contributed by atoms with Gasteiger partial charge in [0.25, 0.3) is 5.56 Å². The van der Waals surface area contributed by atoms with Crippen molar-refractivity contribution in [1.29, 1.82) is 0 Å². The number of aromatic nitrogens is 4. The number of aliphatic carboxylic acids is 2. The van der Waals surface area contributed by atoms with E-state index in [1.54, 1.807) is 18.5 Å². The van der Waals surface area contributed by atoms with Crippen molar-refractivity contribution in [1.82, 2.24) is 24.4 Å². The first-order valence-electron chi connectivity index (χ1n) is 9.44. The van der Waals surface area contributed by atoms with Gasteiger partial charge in [0.05, 0.1) is 12.3 Å². The number of carboxylic acid groups (broad SMARTS) is 2. The summed E-state index contributed by atoms with van der Waals surface area (Å²) in [7, 11) is 1.59. The molecule has 33 heavy (non-hydrogen) atoms. The standard InChI is InChI=1S/C16H20N6O3S.C2HF3O2/c1-3-4-7-22-12-13(18-15(22)21-8-5-17-6-9-21)19-16(20(2)14(12)25)26-10-11(23)24;3-2(4,5)1(6)7/h17H,5-10H2,1-2H3,(H,23,24);(H,6,7). The number of rotatable bonds is 5. The molecule has 0 atom stereocenters. The number of carboxylic acids is 2. The molecule has 2 aromatic rings. The van der Waals surface area contributed by atoms with Crippen molar-refractivity contribution in [3.63, 3.8) is 0 Å². The monoisotopic (exact) mass is 490 g/mol. The Hall–Kier alpha value is -3.25. The number of imidazole rings is 1. The molecular formula is C18H21F3N6O5S. The second-order valence-corrected chi connectivity index (χ2v) is 7.52. The van der Waals surface area contributed by atoms with Crippen LogP contribution in [-0.4, -0.2) is 79.4 Å². The highest BCUT2D eigenvalue weighted by Crippen LogP contribution is 2.22. The summed E-state index contributed by atoms with van der Waals surface area (Å²) in [5.41, 5.74) is 0.463. The highest BCUT2D eigenvalue weighted by molar-refractivity contribution is 7.99. The lowest BCUT2D eigenvalue weighted by molar-refractivity contribution is -0.192. The third-order valence-corrected chi connectivity index (χ3v) is 5.32. The Morgan fingerprint density at radius 3 is 2.33 bits per heavy atom. The molecule has 1 fully saturated rings. The van der Waals surface area contributed by atoms with Crippen molar-refractivity contribution in [2.24, 2.45) is 7.05 Å². The van der Waals surface area contributed by atoms with Crippen LogP contribution in [0.2, 0.25) is 0 Å². The summed E-state index contributed by atoms with van der Waals surface area (Å²) in [5, 5.41) is 19.6. The molecule has 15 heteroatoms. The van der Waals surface area contributed by atoms with E-state index in [4.69, 9.17) is 15.0 Å². The minimum atomic E-state index is -5.08. The van der Waals surface area contributed by atoms with Crippen LogP contribution in [0.1, 0.15) is 6.92 Å². The molecule has 180 valence electrons. The van der Waals surface area contributed by atoms with Gasteiger partial charge < -0.3 is 20.4 Å². The number of hydrogen-bond donors (Lipinski definition) is 3. The molecule has 0 bridgehead atoms. The lowest BCUT2D eigenvalue weighted by atomic mass is 10.4. The van der Waals surface area contributed by atoms with Gasteiger partial charge in [-0.25, -0.2) is 9.78 Å². The number of thioether (sulfide) groups is 1. The van der Waals surface area contributed by atoms with Crippen LogP contribution in [0.15, 0.2) is 9.95 Å². The zero-order valence-corrected chi connectivity index (χ0v) is 18.5. The lowest BCUT2D eigenvalue weighted by Crippen LogP contribution is -2.44. The van der Waals surface area contributed by atoms with Gasteiger partial charge in [0.2, 0.25) is 5.95 Å². The molecule has 0 radical (unpaired) electrons. The zero-order chi connectivity index (χ0) is 24.8. The van der Waals surface area contributed by atoms with E-state index in [1.807, 2.05) is 0 Å². The minimum absolute atomic E-state index is 0.168. The van der Waals surface area contributed by atoms with Gasteiger partial charge in [-0.15, -0.1) is 5.92 Å². The predicted molar refractivity (Wildman–Crippen MR) is 113 cm³/mol. The Labute approximate surface area is 189 Å². The Bertz CT molecular complexity index is 1140. The van der Waals surface area contributed by atoms with Gasteiger partial charge >= 0.3 is 18.1 Å². The van der Waals surface area contributed by atoms with E-state index >= 15 is 0 Å². The second kappa shape index (κ2) is 11.1. The van der Waals surface area contributed by atoms with Gasteiger partial charge in [0.1, 0.15) is 0 Å². The van der Waals surface area contributed by atoms with Crippen LogP contribution in [0, 0.1) is 11.8 Å². The summed E-state index contributed by atoms with van der Waals surface area (Å²) in [6.07, 6.45) is -5.08. The van der Waals surface area contributed by atoms with Crippen LogP contribution in [-0.2, 0) is 23.2 Å². The maximum absolute atomic E-state index is 12.9. The number of nitrogens with one attached hydrogen (secondary N) is 1. The molecule has 0 unspecified atom stereocenters. The first kappa shape index (κ1) is 26.0. The third kappa shape index (κ3) is 6.62. The van der Waals surface area contributed by atoms with Crippen LogP contribution in [0.3, 0.4) is 0 Å². The van der Waals surface area contributed by atoms with Gasteiger partial charge in [0.15, 0.2) is 16.3 Å². The van der Waals surface area contributed by atoms with Crippen molar-refractivity contribution in [2.45, 2.75) is 24.8 Å². The van der Waals surface area contributed by atoms with E-state index in [0.717, 1.165) is 37.9 Å². The summed E-state index contributed by atoms with van der Waals surface area (Å²) in [6.45, 7) is 5.35. The molecule has 0 spiro atoms. The largest absolute Gasteiger partial charge is 0.490 e. The SMILES string of the molecule is CC#CCn1c(N2CCNCC2)nc2nc(SCC(=O)O)n(C)c(=O)c21.O=C(O)C(F)(F)F. The molecule has 3 heterocycles. The van der Waals surface area contributed by atoms with E-state index in [9.17, 15) is 22.8 Å². The van der Waals surface area contributed by atoms with Crippen LogP contribution >= 0.6 is 11.8 Å². The summed E-state index contributed by atoms with van der Waals surface area (Å²) in [4.78, 5) is 43.8. The van der Waals surface area contributed by atoms with E-state index in [-0.39, 0.29) is 11.3 Å². The second-order valence-electron chi connectivity index (χ2n) is 6.58. The molecular weight excluding hydrogens is 469 g/mol.